The molecule has 2 heterocycles. The van der Waals surface area contributed by atoms with Gasteiger partial charge < -0.3 is 25.3 Å². The summed E-state index contributed by atoms with van der Waals surface area (Å²) in [5, 5.41) is 27.2. The second-order valence-electron chi connectivity index (χ2n) is 17.0. The summed E-state index contributed by atoms with van der Waals surface area (Å²) < 4.78 is 0. The number of likely N-dealkylation sites (tertiary alicyclic amines) is 1. The number of allylic oxidation sites excluding steroid dienone is 2. The fraction of sp³-hybridized carbons (Fsp3) is 0.417. The number of nitrogens with zero attached hydrogens (tertiary/aromatic N) is 2. The molecule has 9 rings (SSSR count). The highest BCUT2D eigenvalue weighted by atomic mass is 16.3. The number of anilines is 1. The fourth-order valence-corrected chi connectivity index (χ4v) is 10.3. The minimum atomic E-state index is -0.995. The highest BCUT2D eigenvalue weighted by Crippen LogP contribution is 2.59. The van der Waals surface area contributed by atoms with Crippen LogP contribution in [0.3, 0.4) is 0 Å². The van der Waals surface area contributed by atoms with Gasteiger partial charge >= 0.3 is 0 Å². The summed E-state index contributed by atoms with van der Waals surface area (Å²) in [5.41, 5.74) is 5.65. The van der Waals surface area contributed by atoms with Crippen LogP contribution in [0.5, 0.6) is 0 Å². The highest BCUT2D eigenvalue weighted by molar-refractivity contribution is 6.10. The molecule has 1 amide bonds. The topological polar surface area (TPSA) is 93.1 Å². The Morgan fingerprint density at radius 2 is 1.55 bits per heavy atom. The van der Waals surface area contributed by atoms with Crippen LogP contribution in [0.25, 0.3) is 11.1 Å². The summed E-state index contributed by atoms with van der Waals surface area (Å²) in [6.45, 7) is 6.88. The number of hydrogen-bond acceptors (Lipinski definition) is 6. The van der Waals surface area contributed by atoms with Gasteiger partial charge in [0, 0.05) is 41.9 Å². The number of para-hydroxylation sites is 1. The Labute approximate surface area is 326 Å². The van der Waals surface area contributed by atoms with E-state index in [0.29, 0.717) is 56.4 Å². The van der Waals surface area contributed by atoms with Crippen LogP contribution < -0.4 is 10.2 Å². The average Bonchev–Trinajstić information content (AvgIpc) is 3.65. The molecule has 2 aliphatic heterocycles. The molecule has 3 aliphatic carbocycles. The molecule has 7 heteroatoms. The Kier molecular flexibility index (Phi) is 10.3. The number of carbonyl (C=O) groups excluding carboxylic acids is 2. The van der Waals surface area contributed by atoms with E-state index in [0.717, 1.165) is 66.7 Å². The number of hydrogen-bond donors (Lipinski definition) is 3. The van der Waals surface area contributed by atoms with Gasteiger partial charge in [-0.05, 0) is 111 Å². The third-order valence-electron chi connectivity index (χ3n) is 13.7. The standard InChI is InChI=1S/C48H55N3O4/c1-34-10-9-24-46(2)43(23-25-48(46,55)32-50-28-26-47(27-29-50)45(54)49-33-51(47)39-13-7-4-8-14-39)41-22-16-35(30-40(52)21-15-34)31-42(41)44(53)38-19-17-37(18-20-38)36-11-5-3-6-12-36/h3-8,10-14,16-20,22,31,40,43,52,55H,9,15,21,23-30,32-33H2,1-2H3,(H,49,54)/t40-,43-,46-,48+/m0/s1. The Hall–Kier alpha value is -4.56. The van der Waals surface area contributed by atoms with Gasteiger partial charge in [0.1, 0.15) is 5.54 Å². The van der Waals surface area contributed by atoms with Crippen molar-refractivity contribution in [3.05, 3.63) is 137 Å². The van der Waals surface area contributed by atoms with Crippen molar-refractivity contribution in [2.45, 2.75) is 94.8 Å². The summed E-state index contributed by atoms with van der Waals surface area (Å²) in [5.74, 6) is 0.0327. The molecule has 1 saturated carbocycles. The number of amides is 1. The van der Waals surface area contributed by atoms with Crippen LogP contribution in [0.4, 0.5) is 5.69 Å². The van der Waals surface area contributed by atoms with Gasteiger partial charge in [0.2, 0.25) is 5.91 Å². The molecule has 4 atom stereocenters. The predicted octanol–water partition coefficient (Wildman–Crippen LogP) is 8.05. The third-order valence-corrected chi connectivity index (χ3v) is 13.7. The highest BCUT2D eigenvalue weighted by Gasteiger charge is 2.58. The van der Waals surface area contributed by atoms with Crippen LogP contribution >= 0.6 is 0 Å². The lowest BCUT2D eigenvalue weighted by molar-refractivity contribution is -0.126. The number of aliphatic hydroxyl groups excluding tert-OH is 1. The number of β-amino-alcohol motifs (C(OH)–C–C–N with tert-alkyl or cyclic N) is 1. The Morgan fingerprint density at radius 3 is 2.27 bits per heavy atom. The zero-order valence-electron chi connectivity index (χ0n) is 32.3. The van der Waals surface area contributed by atoms with Crippen LogP contribution in [0.2, 0.25) is 0 Å². The molecular weight excluding hydrogens is 683 g/mol. The summed E-state index contributed by atoms with van der Waals surface area (Å²) in [6.07, 6.45) is 8.15. The molecule has 5 aliphatic rings. The van der Waals surface area contributed by atoms with Crippen LogP contribution in [0.1, 0.15) is 98.2 Å². The first-order valence-electron chi connectivity index (χ1n) is 20.3. The lowest BCUT2D eigenvalue weighted by atomic mass is 9.64. The van der Waals surface area contributed by atoms with Crippen LogP contribution in [-0.2, 0) is 11.2 Å². The van der Waals surface area contributed by atoms with E-state index in [1.165, 1.54) is 5.57 Å². The van der Waals surface area contributed by atoms with Crippen LogP contribution in [0, 0.1) is 5.41 Å². The molecule has 0 aromatic heterocycles. The van der Waals surface area contributed by atoms with E-state index in [2.05, 4.69) is 71.4 Å². The second kappa shape index (κ2) is 15.2. The molecule has 286 valence electrons. The van der Waals surface area contributed by atoms with E-state index in [9.17, 15) is 19.8 Å². The number of rotatable bonds is 6. The van der Waals surface area contributed by atoms with Crippen molar-refractivity contribution in [3.63, 3.8) is 0 Å². The van der Waals surface area contributed by atoms with Crippen molar-refractivity contribution < 1.29 is 19.8 Å². The minimum Gasteiger partial charge on any atom is -0.393 e. The Balaban J connectivity index is 1.10. The first-order valence-corrected chi connectivity index (χ1v) is 20.3. The molecule has 4 aromatic carbocycles. The number of aliphatic hydroxyl groups is 2. The summed E-state index contributed by atoms with van der Waals surface area (Å²) in [6, 6.07) is 34.5. The van der Waals surface area contributed by atoms with E-state index in [1.807, 2.05) is 66.7 Å². The SMILES string of the molecule is CC1=CCC[C@@]2(C)[C@@H](CC[C@@]2(O)CN2CCC3(CC2)C(=O)NCN3c2ccccc2)c2ccc(cc2C(=O)c2ccc(-c3ccccc3)cc2)C[C@@H](O)CC1. The molecule has 4 aromatic rings. The van der Waals surface area contributed by atoms with E-state index < -0.39 is 22.7 Å². The van der Waals surface area contributed by atoms with Crippen LogP contribution in [-0.4, -0.2) is 70.4 Å². The van der Waals surface area contributed by atoms with Gasteiger partial charge in [-0.15, -0.1) is 0 Å². The first kappa shape index (κ1) is 37.4. The molecule has 2 bridgehead atoms. The van der Waals surface area contributed by atoms with E-state index in [1.54, 1.807) is 0 Å². The molecular formula is C48H55N3O4. The van der Waals surface area contributed by atoms with Gasteiger partial charge in [-0.2, -0.15) is 0 Å². The molecule has 3 N–H and O–H groups in total. The quantitative estimate of drug-likeness (QED) is 0.137. The molecule has 2 saturated heterocycles. The molecule has 0 unspecified atom stereocenters. The number of nitrogens with one attached hydrogen (secondary N) is 1. The number of ketones is 1. The molecule has 0 radical (unpaired) electrons. The van der Waals surface area contributed by atoms with E-state index >= 15 is 0 Å². The molecule has 7 nitrogen and oxygen atoms in total. The van der Waals surface area contributed by atoms with Gasteiger partial charge in [0.25, 0.3) is 0 Å². The van der Waals surface area contributed by atoms with Gasteiger partial charge in [-0.1, -0.05) is 104 Å². The van der Waals surface area contributed by atoms with Crippen LogP contribution in [0.15, 0.2) is 115 Å². The lowest BCUT2D eigenvalue weighted by Crippen LogP contribution is -2.59. The maximum Gasteiger partial charge on any atom is 0.247 e. The monoisotopic (exact) mass is 737 g/mol. The summed E-state index contributed by atoms with van der Waals surface area (Å²) in [7, 11) is 0. The molecule has 55 heavy (non-hydrogen) atoms. The number of benzene rings is 4. The smallest absolute Gasteiger partial charge is 0.247 e. The minimum absolute atomic E-state index is 0.0225. The zero-order chi connectivity index (χ0) is 38.2. The van der Waals surface area contributed by atoms with Gasteiger partial charge in [-0.3, -0.25) is 9.59 Å². The molecule has 1 spiro atoms. The maximum atomic E-state index is 14.6. The third kappa shape index (κ3) is 7.07. The van der Waals surface area contributed by atoms with Crippen molar-refractivity contribution in [2.24, 2.45) is 5.41 Å². The largest absolute Gasteiger partial charge is 0.393 e. The van der Waals surface area contributed by atoms with Crippen molar-refractivity contribution in [2.75, 3.05) is 31.2 Å². The summed E-state index contributed by atoms with van der Waals surface area (Å²) in [4.78, 5) is 32.7. The van der Waals surface area contributed by atoms with Crippen molar-refractivity contribution >= 4 is 17.4 Å². The van der Waals surface area contributed by atoms with Crippen molar-refractivity contribution in [1.82, 2.24) is 10.2 Å². The van der Waals surface area contributed by atoms with E-state index in [4.69, 9.17) is 0 Å². The maximum absolute atomic E-state index is 14.6. The molecule has 3 fully saturated rings. The second-order valence-corrected chi connectivity index (χ2v) is 17.0. The van der Waals surface area contributed by atoms with Gasteiger partial charge in [-0.25, -0.2) is 0 Å². The number of carbonyl (C=O) groups is 2. The summed E-state index contributed by atoms with van der Waals surface area (Å²) >= 11 is 0. The van der Waals surface area contributed by atoms with Gasteiger partial charge in [0.05, 0.1) is 18.4 Å². The normalized spacial score (nSPS) is 27.0. The Bertz CT molecular complexity index is 2040. The number of fused-ring (bicyclic) bond motifs is 8. The Morgan fingerprint density at radius 1 is 0.855 bits per heavy atom. The van der Waals surface area contributed by atoms with E-state index in [-0.39, 0.29) is 17.6 Å². The average molecular weight is 738 g/mol. The predicted molar refractivity (Wildman–Crippen MR) is 219 cm³/mol. The number of piperidine rings is 1. The first-order chi connectivity index (χ1) is 26.6. The fourth-order valence-electron chi connectivity index (χ4n) is 10.3. The zero-order valence-corrected chi connectivity index (χ0v) is 32.3. The lowest BCUT2D eigenvalue weighted by Gasteiger charge is -2.49. The van der Waals surface area contributed by atoms with Crippen molar-refractivity contribution in [1.29, 1.82) is 0 Å². The van der Waals surface area contributed by atoms with Gasteiger partial charge in [0.15, 0.2) is 5.78 Å². The van der Waals surface area contributed by atoms with Crippen molar-refractivity contribution in [3.8, 4) is 11.1 Å².